The molecule has 1 unspecified atom stereocenters. The number of hydrogen-bond donors (Lipinski definition) is 2. The predicted molar refractivity (Wildman–Crippen MR) is 70.3 cm³/mol. The number of rotatable bonds is 5. The molecule has 0 saturated carbocycles. The van der Waals surface area contributed by atoms with Crippen molar-refractivity contribution < 1.29 is 5.11 Å². The van der Waals surface area contributed by atoms with Crippen molar-refractivity contribution in [2.45, 2.75) is 19.4 Å². The molecular weight excluding hydrogens is 230 g/mol. The van der Waals surface area contributed by atoms with Crippen molar-refractivity contribution in [3.05, 3.63) is 11.3 Å². The Labute approximate surface area is 108 Å². The highest BCUT2D eigenvalue weighted by molar-refractivity contribution is 5.55. The first-order valence-corrected chi connectivity index (χ1v) is 5.81. The summed E-state index contributed by atoms with van der Waals surface area (Å²) in [7, 11) is 5.59. The first-order chi connectivity index (χ1) is 8.26. The molecule has 0 spiro atoms. The second kappa shape index (κ2) is 5.38. The minimum Gasteiger partial charge on any atom is -0.387 e. The Hall–Kier alpha value is -1.58. The Morgan fingerprint density at radius 3 is 2.67 bits per heavy atom. The molecule has 1 heterocycles. The van der Waals surface area contributed by atoms with Crippen LogP contribution in [0.5, 0.6) is 0 Å². The van der Waals surface area contributed by atoms with Crippen LogP contribution in [0.4, 0.5) is 5.82 Å². The Morgan fingerprint density at radius 2 is 2.17 bits per heavy atom. The van der Waals surface area contributed by atoms with E-state index in [1.54, 1.807) is 25.6 Å². The quantitative estimate of drug-likeness (QED) is 0.788. The van der Waals surface area contributed by atoms with Crippen molar-refractivity contribution >= 4 is 5.82 Å². The molecule has 0 aliphatic heterocycles. The van der Waals surface area contributed by atoms with Crippen molar-refractivity contribution in [3.63, 3.8) is 0 Å². The van der Waals surface area contributed by atoms with Gasteiger partial charge in [-0.05, 0) is 27.9 Å². The predicted octanol–water partition coefficient (Wildman–Crippen LogP) is 0.325. The number of aromatic nitrogens is 2. The van der Waals surface area contributed by atoms with Gasteiger partial charge in [-0.15, -0.1) is 0 Å². The maximum Gasteiger partial charge on any atom is 0.142 e. The van der Waals surface area contributed by atoms with Crippen LogP contribution in [0.2, 0.25) is 0 Å². The van der Waals surface area contributed by atoms with Gasteiger partial charge in [0.05, 0.1) is 11.3 Å². The lowest BCUT2D eigenvalue weighted by Gasteiger charge is -2.27. The zero-order valence-corrected chi connectivity index (χ0v) is 11.7. The van der Waals surface area contributed by atoms with E-state index in [1.165, 1.54) is 0 Å². The normalized spacial score (nSPS) is 14.3. The van der Waals surface area contributed by atoms with Gasteiger partial charge < -0.3 is 15.3 Å². The van der Waals surface area contributed by atoms with Gasteiger partial charge in [-0.2, -0.15) is 10.4 Å². The van der Waals surface area contributed by atoms with Crippen LogP contribution in [0.15, 0.2) is 0 Å². The Morgan fingerprint density at radius 1 is 1.56 bits per heavy atom. The maximum atomic E-state index is 10.2. The standard InChI is InChI=1S/C12H21N5O/c1-9-10(6-13)11(17(5)15-9)14-7-12(2,18)8-16(3)4/h14,18H,7-8H2,1-5H3. The third-order valence-electron chi connectivity index (χ3n) is 2.63. The Balaban J connectivity index is 2.78. The summed E-state index contributed by atoms with van der Waals surface area (Å²) in [5.41, 5.74) is 0.349. The number of nitrogens with zero attached hydrogens (tertiary/aromatic N) is 4. The van der Waals surface area contributed by atoms with Crippen molar-refractivity contribution in [1.29, 1.82) is 5.26 Å². The third kappa shape index (κ3) is 3.45. The number of aliphatic hydroxyl groups is 1. The molecule has 0 aromatic carbocycles. The minimum absolute atomic E-state index is 0.360. The number of nitrogens with one attached hydrogen (secondary N) is 1. The molecule has 1 rings (SSSR count). The molecule has 0 saturated heterocycles. The van der Waals surface area contributed by atoms with E-state index in [9.17, 15) is 5.11 Å². The molecule has 2 N–H and O–H groups in total. The van der Waals surface area contributed by atoms with E-state index >= 15 is 0 Å². The van der Waals surface area contributed by atoms with Gasteiger partial charge in [-0.3, -0.25) is 4.68 Å². The molecule has 0 amide bonds. The van der Waals surface area contributed by atoms with Gasteiger partial charge in [0.1, 0.15) is 17.5 Å². The Kier molecular flexibility index (Phi) is 4.33. The second-order valence-electron chi connectivity index (χ2n) is 5.13. The van der Waals surface area contributed by atoms with E-state index in [4.69, 9.17) is 5.26 Å². The van der Waals surface area contributed by atoms with Crippen LogP contribution in [0.3, 0.4) is 0 Å². The van der Waals surface area contributed by atoms with Crippen LogP contribution in [-0.2, 0) is 7.05 Å². The summed E-state index contributed by atoms with van der Waals surface area (Å²) in [6.45, 7) is 4.45. The van der Waals surface area contributed by atoms with Crippen LogP contribution in [0.1, 0.15) is 18.2 Å². The summed E-state index contributed by atoms with van der Waals surface area (Å²) >= 11 is 0. The van der Waals surface area contributed by atoms with E-state index in [2.05, 4.69) is 16.5 Å². The van der Waals surface area contributed by atoms with Gasteiger partial charge in [0.25, 0.3) is 0 Å². The first kappa shape index (κ1) is 14.5. The molecular formula is C12H21N5O. The number of likely N-dealkylation sites (N-methyl/N-ethyl adjacent to an activating group) is 1. The average molecular weight is 251 g/mol. The molecule has 18 heavy (non-hydrogen) atoms. The maximum absolute atomic E-state index is 10.2. The lowest BCUT2D eigenvalue weighted by Crippen LogP contribution is -2.43. The van der Waals surface area contributed by atoms with Crippen LogP contribution in [-0.4, -0.2) is 52.6 Å². The second-order valence-corrected chi connectivity index (χ2v) is 5.13. The third-order valence-corrected chi connectivity index (χ3v) is 2.63. The molecule has 100 valence electrons. The van der Waals surface area contributed by atoms with Gasteiger partial charge in [0, 0.05) is 20.1 Å². The number of anilines is 1. The van der Waals surface area contributed by atoms with Gasteiger partial charge in [0.15, 0.2) is 0 Å². The van der Waals surface area contributed by atoms with E-state index in [0.717, 1.165) is 0 Å². The molecule has 0 bridgehead atoms. The van der Waals surface area contributed by atoms with Gasteiger partial charge >= 0.3 is 0 Å². The van der Waals surface area contributed by atoms with Gasteiger partial charge in [-0.25, -0.2) is 0 Å². The molecule has 0 aliphatic rings. The lowest BCUT2D eigenvalue weighted by atomic mass is 10.1. The molecule has 1 aromatic heterocycles. The summed E-state index contributed by atoms with van der Waals surface area (Å²) in [6, 6.07) is 2.12. The summed E-state index contributed by atoms with van der Waals surface area (Å²) in [4.78, 5) is 1.92. The van der Waals surface area contributed by atoms with E-state index in [1.807, 2.05) is 19.0 Å². The van der Waals surface area contributed by atoms with E-state index < -0.39 is 5.60 Å². The van der Waals surface area contributed by atoms with Gasteiger partial charge in [0.2, 0.25) is 0 Å². The topological polar surface area (TPSA) is 77.1 Å². The van der Waals surface area contributed by atoms with Crippen molar-refractivity contribution in [1.82, 2.24) is 14.7 Å². The van der Waals surface area contributed by atoms with Crippen LogP contribution >= 0.6 is 0 Å². The first-order valence-electron chi connectivity index (χ1n) is 5.81. The highest BCUT2D eigenvalue weighted by atomic mass is 16.3. The smallest absolute Gasteiger partial charge is 0.142 e. The zero-order valence-electron chi connectivity index (χ0n) is 11.7. The largest absolute Gasteiger partial charge is 0.387 e. The van der Waals surface area contributed by atoms with Gasteiger partial charge in [-0.1, -0.05) is 0 Å². The van der Waals surface area contributed by atoms with Crippen molar-refractivity contribution in [2.75, 3.05) is 32.5 Å². The van der Waals surface area contributed by atoms with Crippen LogP contribution in [0.25, 0.3) is 0 Å². The highest BCUT2D eigenvalue weighted by Gasteiger charge is 2.23. The SMILES string of the molecule is Cc1nn(C)c(NCC(C)(O)CN(C)C)c1C#N. The summed E-state index contributed by atoms with van der Waals surface area (Å²) in [5, 5.41) is 26.5. The zero-order chi connectivity index (χ0) is 13.9. The fourth-order valence-corrected chi connectivity index (χ4v) is 2.01. The molecule has 0 radical (unpaired) electrons. The summed E-state index contributed by atoms with van der Waals surface area (Å²) < 4.78 is 1.62. The van der Waals surface area contributed by atoms with E-state index in [0.29, 0.717) is 30.2 Å². The van der Waals surface area contributed by atoms with E-state index in [-0.39, 0.29) is 0 Å². The molecule has 0 fully saturated rings. The monoisotopic (exact) mass is 251 g/mol. The minimum atomic E-state index is -0.867. The summed E-state index contributed by atoms with van der Waals surface area (Å²) in [5.74, 6) is 0.647. The number of aryl methyl sites for hydroxylation is 2. The molecule has 6 heteroatoms. The van der Waals surface area contributed by atoms with Crippen molar-refractivity contribution in [3.8, 4) is 6.07 Å². The fourth-order valence-electron chi connectivity index (χ4n) is 2.01. The summed E-state index contributed by atoms with van der Waals surface area (Å²) in [6.07, 6.45) is 0. The molecule has 6 nitrogen and oxygen atoms in total. The Bertz CT molecular complexity index is 456. The average Bonchev–Trinajstić information content (AvgIpc) is 2.47. The molecule has 1 atom stereocenters. The lowest BCUT2D eigenvalue weighted by molar-refractivity contribution is 0.0458. The fraction of sp³-hybridized carbons (Fsp3) is 0.667. The van der Waals surface area contributed by atoms with Crippen molar-refractivity contribution in [2.24, 2.45) is 7.05 Å². The van der Waals surface area contributed by atoms with Crippen LogP contribution < -0.4 is 5.32 Å². The number of nitriles is 1. The molecule has 0 aliphatic carbocycles. The number of hydrogen-bond acceptors (Lipinski definition) is 5. The molecule has 1 aromatic rings. The highest BCUT2D eigenvalue weighted by Crippen LogP contribution is 2.18. The van der Waals surface area contributed by atoms with Crippen LogP contribution in [0, 0.1) is 18.3 Å².